The maximum absolute atomic E-state index is 10.1. The Bertz CT molecular complexity index is 356. The maximum Gasteiger partial charge on any atom is 0.0991 e. The van der Waals surface area contributed by atoms with Gasteiger partial charge in [0.05, 0.1) is 17.7 Å². The first kappa shape index (κ1) is 12.7. The van der Waals surface area contributed by atoms with Crippen LogP contribution < -0.4 is 11.1 Å². The fourth-order valence-electron chi connectivity index (χ4n) is 1.63. The van der Waals surface area contributed by atoms with Gasteiger partial charge in [0.1, 0.15) is 0 Å². The van der Waals surface area contributed by atoms with Crippen molar-refractivity contribution in [3.8, 4) is 6.07 Å². The fourth-order valence-corrected chi connectivity index (χ4v) is 1.63. The van der Waals surface area contributed by atoms with Crippen molar-refractivity contribution in [2.24, 2.45) is 5.73 Å². The number of hydrogen-bond donors (Lipinski definition) is 3. The van der Waals surface area contributed by atoms with E-state index in [1.54, 1.807) is 31.3 Å². The van der Waals surface area contributed by atoms with E-state index >= 15 is 0 Å². The molecule has 0 aliphatic rings. The summed E-state index contributed by atoms with van der Waals surface area (Å²) in [5.41, 5.74) is 6.86. The van der Waals surface area contributed by atoms with Crippen LogP contribution in [0.2, 0.25) is 0 Å². The molecule has 0 fully saturated rings. The highest BCUT2D eigenvalue weighted by atomic mass is 16.3. The summed E-state index contributed by atoms with van der Waals surface area (Å²) in [6, 6.07) is 8.93. The first-order valence-corrected chi connectivity index (χ1v) is 5.28. The molecule has 0 aliphatic carbocycles. The van der Waals surface area contributed by atoms with E-state index in [0.717, 1.165) is 5.56 Å². The van der Waals surface area contributed by atoms with Gasteiger partial charge in [-0.15, -0.1) is 0 Å². The average molecular weight is 219 g/mol. The summed E-state index contributed by atoms with van der Waals surface area (Å²) in [5.74, 6) is 0. The Kier molecular flexibility index (Phi) is 4.93. The SMILES string of the molecule is CNC(CCN)C(O)c1ccc(C#N)cc1. The Morgan fingerprint density at radius 1 is 1.44 bits per heavy atom. The molecular weight excluding hydrogens is 202 g/mol. The molecule has 0 bridgehead atoms. The second-order valence-electron chi connectivity index (χ2n) is 3.65. The number of aliphatic hydroxyl groups excluding tert-OH is 1. The quantitative estimate of drug-likeness (QED) is 0.674. The van der Waals surface area contributed by atoms with Crippen LogP contribution in [-0.4, -0.2) is 24.7 Å². The molecule has 0 spiro atoms. The number of rotatable bonds is 5. The minimum Gasteiger partial charge on any atom is -0.387 e. The Hall–Kier alpha value is -1.41. The van der Waals surface area contributed by atoms with E-state index in [-0.39, 0.29) is 6.04 Å². The van der Waals surface area contributed by atoms with Gasteiger partial charge >= 0.3 is 0 Å². The molecule has 0 amide bonds. The van der Waals surface area contributed by atoms with E-state index in [4.69, 9.17) is 11.0 Å². The van der Waals surface area contributed by atoms with Crippen molar-refractivity contribution in [3.05, 3.63) is 35.4 Å². The zero-order valence-corrected chi connectivity index (χ0v) is 9.35. The molecular formula is C12H17N3O. The predicted molar refractivity (Wildman–Crippen MR) is 62.6 cm³/mol. The molecule has 4 nitrogen and oxygen atoms in total. The fraction of sp³-hybridized carbons (Fsp3) is 0.417. The van der Waals surface area contributed by atoms with Crippen LogP contribution in [0.15, 0.2) is 24.3 Å². The largest absolute Gasteiger partial charge is 0.387 e. The van der Waals surface area contributed by atoms with Gasteiger partial charge < -0.3 is 16.2 Å². The zero-order chi connectivity index (χ0) is 12.0. The summed E-state index contributed by atoms with van der Waals surface area (Å²) in [5, 5.41) is 21.8. The normalized spacial score (nSPS) is 14.1. The van der Waals surface area contributed by atoms with Gasteiger partial charge in [-0.2, -0.15) is 5.26 Å². The molecule has 1 aromatic rings. The third-order valence-electron chi connectivity index (χ3n) is 2.61. The first-order valence-electron chi connectivity index (χ1n) is 5.28. The number of aliphatic hydroxyl groups is 1. The molecule has 4 heteroatoms. The Morgan fingerprint density at radius 2 is 2.06 bits per heavy atom. The molecule has 0 radical (unpaired) electrons. The van der Waals surface area contributed by atoms with Crippen LogP contribution in [0.25, 0.3) is 0 Å². The molecule has 0 aliphatic heterocycles. The van der Waals surface area contributed by atoms with Crippen molar-refractivity contribution in [1.82, 2.24) is 5.32 Å². The summed E-state index contributed by atoms with van der Waals surface area (Å²) in [6.45, 7) is 0.527. The molecule has 1 aromatic carbocycles. The van der Waals surface area contributed by atoms with E-state index in [0.29, 0.717) is 18.5 Å². The van der Waals surface area contributed by atoms with Crippen molar-refractivity contribution in [2.75, 3.05) is 13.6 Å². The summed E-state index contributed by atoms with van der Waals surface area (Å²) < 4.78 is 0. The van der Waals surface area contributed by atoms with E-state index in [1.165, 1.54) is 0 Å². The number of likely N-dealkylation sites (N-methyl/N-ethyl adjacent to an activating group) is 1. The Morgan fingerprint density at radius 3 is 2.50 bits per heavy atom. The first-order chi connectivity index (χ1) is 7.72. The van der Waals surface area contributed by atoms with Gasteiger partial charge in [0, 0.05) is 6.04 Å². The second kappa shape index (κ2) is 6.23. The summed E-state index contributed by atoms with van der Waals surface area (Å²) in [6.07, 6.45) is 0.110. The van der Waals surface area contributed by atoms with Crippen LogP contribution in [0.4, 0.5) is 0 Å². The monoisotopic (exact) mass is 219 g/mol. The highest BCUT2D eigenvalue weighted by Crippen LogP contribution is 2.18. The number of nitriles is 1. The molecule has 2 atom stereocenters. The van der Waals surface area contributed by atoms with Crippen LogP contribution in [0.3, 0.4) is 0 Å². The summed E-state index contributed by atoms with van der Waals surface area (Å²) in [7, 11) is 1.80. The highest BCUT2D eigenvalue weighted by molar-refractivity contribution is 5.32. The molecule has 1 rings (SSSR count). The number of hydrogen-bond acceptors (Lipinski definition) is 4. The van der Waals surface area contributed by atoms with Gasteiger partial charge in [0.2, 0.25) is 0 Å². The molecule has 86 valence electrons. The number of benzene rings is 1. The van der Waals surface area contributed by atoms with Crippen LogP contribution in [-0.2, 0) is 0 Å². The molecule has 0 heterocycles. The molecule has 16 heavy (non-hydrogen) atoms. The van der Waals surface area contributed by atoms with E-state index in [2.05, 4.69) is 5.32 Å². The summed E-state index contributed by atoms with van der Waals surface area (Å²) >= 11 is 0. The lowest BCUT2D eigenvalue weighted by Crippen LogP contribution is -2.34. The van der Waals surface area contributed by atoms with Crippen molar-refractivity contribution in [2.45, 2.75) is 18.6 Å². The van der Waals surface area contributed by atoms with Crippen LogP contribution in [0.1, 0.15) is 23.7 Å². The van der Waals surface area contributed by atoms with E-state index in [9.17, 15) is 5.11 Å². The van der Waals surface area contributed by atoms with Gasteiger partial charge in [-0.3, -0.25) is 0 Å². The van der Waals surface area contributed by atoms with Gasteiger partial charge in [0.15, 0.2) is 0 Å². The molecule has 4 N–H and O–H groups in total. The smallest absolute Gasteiger partial charge is 0.0991 e. The lowest BCUT2D eigenvalue weighted by molar-refractivity contribution is 0.129. The maximum atomic E-state index is 10.1. The molecule has 0 aromatic heterocycles. The Labute approximate surface area is 95.7 Å². The van der Waals surface area contributed by atoms with Gasteiger partial charge in [0.25, 0.3) is 0 Å². The van der Waals surface area contributed by atoms with Crippen molar-refractivity contribution >= 4 is 0 Å². The van der Waals surface area contributed by atoms with Crippen molar-refractivity contribution < 1.29 is 5.11 Å². The van der Waals surface area contributed by atoms with Crippen LogP contribution >= 0.6 is 0 Å². The third-order valence-corrected chi connectivity index (χ3v) is 2.61. The topological polar surface area (TPSA) is 82.1 Å². The van der Waals surface area contributed by atoms with E-state index < -0.39 is 6.10 Å². The average Bonchev–Trinajstić information content (AvgIpc) is 2.35. The zero-order valence-electron chi connectivity index (χ0n) is 9.35. The third kappa shape index (κ3) is 3.04. The summed E-state index contributed by atoms with van der Waals surface area (Å²) in [4.78, 5) is 0. The van der Waals surface area contributed by atoms with Gasteiger partial charge in [-0.25, -0.2) is 0 Å². The minimum atomic E-state index is -0.596. The molecule has 0 saturated carbocycles. The number of nitrogens with two attached hydrogens (primary N) is 1. The lowest BCUT2D eigenvalue weighted by Gasteiger charge is -2.22. The van der Waals surface area contributed by atoms with Crippen molar-refractivity contribution in [3.63, 3.8) is 0 Å². The highest BCUT2D eigenvalue weighted by Gasteiger charge is 2.18. The van der Waals surface area contributed by atoms with Crippen LogP contribution in [0, 0.1) is 11.3 Å². The Balaban J connectivity index is 2.78. The molecule has 0 saturated heterocycles. The second-order valence-corrected chi connectivity index (χ2v) is 3.65. The van der Waals surface area contributed by atoms with Gasteiger partial charge in [-0.1, -0.05) is 12.1 Å². The number of nitrogens with one attached hydrogen (secondary N) is 1. The van der Waals surface area contributed by atoms with E-state index in [1.807, 2.05) is 6.07 Å². The molecule has 2 unspecified atom stereocenters. The number of nitrogens with zero attached hydrogens (tertiary/aromatic N) is 1. The van der Waals surface area contributed by atoms with Crippen molar-refractivity contribution in [1.29, 1.82) is 5.26 Å². The van der Waals surface area contributed by atoms with Gasteiger partial charge in [-0.05, 0) is 37.7 Å². The lowest BCUT2D eigenvalue weighted by atomic mass is 9.99. The predicted octanol–water partition coefficient (Wildman–Crippen LogP) is 0.528. The standard InChI is InChI=1S/C12H17N3O/c1-15-11(6-7-13)12(16)10-4-2-9(8-14)3-5-10/h2-5,11-12,15-16H,6-7,13H2,1H3. The minimum absolute atomic E-state index is 0.0575. The van der Waals surface area contributed by atoms with Crippen LogP contribution in [0.5, 0.6) is 0 Å².